The fourth-order valence-electron chi connectivity index (χ4n) is 2.40. The zero-order valence-corrected chi connectivity index (χ0v) is 11.6. The maximum absolute atomic E-state index is 12.5. The van der Waals surface area contributed by atoms with E-state index in [9.17, 15) is 4.79 Å². The van der Waals surface area contributed by atoms with Crippen LogP contribution in [0.25, 0.3) is 5.52 Å². The zero-order valence-electron chi connectivity index (χ0n) is 10.7. The van der Waals surface area contributed by atoms with E-state index >= 15 is 0 Å². The Balaban J connectivity index is 0.00000133. The predicted octanol–water partition coefficient (Wildman–Crippen LogP) is 1.19. The predicted molar refractivity (Wildman–Crippen MR) is 75.8 cm³/mol. The molecule has 102 valence electrons. The number of rotatable bonds is 1. The second-order valence-corrected chi connectivity index (χ2v) is 4.64. The lowest BCUT2D eigenvalue weighted by molar-refractivity contribution is 0.0658. The van der Waals surface area contributed by atoms with E-state index < -0.39 is 0 Å². The van der Waals surface area contributed by atoms with E-state index in [-0.39, 0.29) is 24.4 Å². The van der Waals surface area contributed by atoms with Crippen molar-refractivity contribution in [2.45, 2.75) is 13.0 Å². The summed E-state index contributed by atoms with van der Waals surface area (Å²) in [4.78, 5) is 14.4. The number of nitrogens with one attached hydrogen (secondary N) is 1. The molecule has 0 aromatic carbocycles. The third-order valence-corrected chi connectivity index (χ3v) is 3.42. The second kappa shape index (κ2) is 5.59. The molecule has 0 bridgehead atoms. The molecule has 6 heteroatoms. The number of hydrogen-bond acceptors (Lipinski definition) is 3. The molecule has 1 fully saturated rings. The van der Waals surface area contributed by atoms with Crippen LogP contribution in [0.4, 0.5) is 0 Å². The molecule has 0 radical (unpaired) electrons. The molecule has 19 heavy (non-hydrogen) atoms. The zero-order chi connectivity index (χ0) is 12.5. The highest BCUT2D eigenvalue weighted by atomic mass is 35.5. The van der Waals surface area contributed by atoms with Gasteiger partial charge in [0, 0.05) is 31.9 Å². The molecule has 2 aromatic rings. The third kappa shape index (κ3) is 2.43. The molecule has 3 heterocycles. The molecule has 1 aliphatic rings. The molecule has 1 amide bonds. The SMILES string of the molecule is C[C@@H]1CNCCN1C(=O)c1cnn2ccccc12.Cl. The van der Waals surface area contributed by atoms with E-state index in [0.29, 0.717) is 5.56 Å². The first-order valence-electron chi connectivity index (χ1n) is 6.21. The van der Waals surface area contributed by atoms with Crippen LogP contribution in [-0.4, -0.2) is 46.1 Å². The van der Waals surface area contributed by atoms with Gasteiger partial charge >= 0.3 is 0 Å². The first-order valence-corrected chi connectivity index (χ1v) is 6.21. The Labute approximate surface area is 118 Å². The van der Waals surface area contributed by atoms with E-state index in [1.54, 1.807) is 10.7 Å². The van der Waals surface area contributed by atoms with Gasteiger partial charge in [-0.25, -0.2) is 4.52 Å². The molecular formula is C13H17ClN4O. The lowest BCUT2D eigenvalue weighted by Crippen LogP contribution is -2.52. The third-order valence-electron chi connectivity index (χ3n) is 3.42. The molecule has 0 unspecified atom stereocenters. The van der Waals surface area contributed by atoms with Crippen molar-refractivity contribution in [1.82, 2.24) is 19.8 Å². The Hall–Kier alpha value is -1.59. The summed E-state index contributed by atoms with van der Waals surface area (Å²) in [6.45, 7) is 4.53. The molecule has 0 aliphatic carbocycles. The topological polar surface area (TPSA) is 49.6 Å². The van der Waals surface area contributed by atoms with Crippen molar-refractivity contribution in [1.29, 1.82) is 0 Å². The molecule has 0 spiro atoms. The number of amides is 1. The smallest absolute Gasteiger partial charge is 0.258 e. The van der Waals surface area contributed by atoms with Crippen molar-refractivity contribution in [3.63, 3.8) is 0 Å². The van der Waals surface area contributed by atoms with Gasteiger partial charge in [0.25, 0.3) is 5.91 Å². The number of aromatic nitrogens is 2. The van der Waals surface area contributed by atoms with Gasteiger partial charge in [-0.3, -0.25) is 4.79 Å². The molecule has 2 aromatic heterocycles. The van der Waals surface area contributed by atoms with E-state index in [4.69, 9.17) is 0 Å². The summed E-state index contributed by atoms with van der Waals surface area (Å²) in [5, 5.41) is 7.50. The number of carbonyl (C=O) groups is 1. The normalized spacial score (nSPS) is 19.2. The van der Waals surface area contributed by atoms with Crippen LogP contribution in [0.15, 0.2) is 30.6 Å². The second-order valence-electron chi connectivity index (χ2n) is 4.64. The number of pyridine rings is 1. The Bertz CT molecular complexity index is 583. The quantitative estimate of drug-likeness (QED) is 0.854. The van der Waals surface area contributed by atoms with Gasteiger partial charge in [-0.2, -0.15) is 5.10 Å². The van der Waals surface area contributed by atoms with Crippen LogP contribution in [0.5, 0.6) is 0 Å². The van der Waals surface area contributed by atoms with E-state index in [2.05, 4.69) is 17.3 Å². The Morgan fingerprint density at radius 1 is 1.47 bits per heavy atom. The van der Waals surface area contributed by atoms with Gasteiger partial charge in [-0.05, 0) is 19.1 Å². The molecular weight excluding hydrogens is 264 g/mol. The summed E-state index contributed by atoms with van der Waals surface area (Å²) in [6.07, 6.45) is 3.51. The number of fused-ring (bicyclic) bond motifs is 1. The monoisotopic (exact) mass is 280 g/mol. The van der Waals surface area contributed by atoms with Crippen molar-refractivity contribution in [3.8, 4) is 0 Å². The van der Waals surface area contributed by atoms with Crippen LogP contribution in [0.3, 0.4) is 0 Å². The number of hydrogen-bond donors (Lipinski definition) is 1. The highest BCUT2D eigenvalue weighted by Crippen LogP contribution is 2.15. The van der Waals surface area contributed by atoms with Gasteiger partial charge in [0.1, 0.15) is 0 Å². The highest BCUT2D eigenvalue weighted by Gasteiger charge is 2.25. The highest BCUT2D eigenvalue weighted by molar-refractivity contribution is 6.00. The largest absolute Gasteiger partial charge is 0.333 e. The van der Waals surface area contributed by atoms with Gasteiger partial charge in [-0.15, -0.1) is 12.4 Å². The lowest BCUT2D eigenvalue weighted by Gasteiger charge is -2.33. The minimum absolute atomic E-state index is 0. The van der Waals surface area contributed by atoms with Crippen molar-refractivity contribution >= 4 is 23.8 Å². The fraction of sp³-hybridized carbons (Fsp3) is 0.385. The van der Waals surface area contributed by atoms with Crippen molar-refractivity contribution in [3.05, 3.63) is 36.2 Å². The van der Waals surface area contributed by atoms with Crippen LogP contribution in [0, 0.1) is 0 Å². The number of piperazine rings is 1. The Kier molecular flexibility index (Phi) is 4.07. The van der Waals surface area contributed by atoms with Gasteiger partial charge in [0.05, 0.1) is 17.3 Å². The van der Waals surface area contributed by atoms with Crippen molar-refractivity contribution in [2.75, 3.05) is 19.6 Å². The fourth-order valence-corrected chi connectivity index (χ4v) is 2.40. The summed E-state index contributed by atoms with van der Waals surface area (Å²) >= 11 is 0. The minimum Gasteiger partial charge on any atom is -0.333 e. The molecule has 5 nitrogen and oxygen atoms in total. The van der Waals surface area contributed by atoms with Gasteiger partial charge < -0.3 is 10.2 Å². The number of nitrogens with zero attached hydrogens (tertiary/aromatic N) is 3. The number of halogens is 1. The summed E-state index contributed by atoms with van der Waals surface area (Å²) in [6, 6.07) is 5.98. The summed E-state index contributed by atoms with van der Waals surface area (Å²) in [5.74, 6) is 0.0743. The average Bonchev–Trinajstić information content (AvgIpc) is 2.82. The minimum atomic E-state index is 0. The van der Waals surface area contributed by atoms with Crippen molar-refractivity contribution in [2.24, 2.45) is 0 Å². The molecule has 1 saturated heterocycles. The van der Waals surface area contributed by atoms with Crippen LogP contribution < -0.4 is 5.32 Å². The Morgan fingerprint density at radius 2 is 2.32 bits per heavy atom. The maximum atomic E-state index is 12.5. The molecule has 1 N–H and O–H groups in total. The van der Waals surface area contributed by atoms with Gasteiger partial charge in [0.2, 0.25) is 0 Å². The average molecular weight is 281 g/mol. The molecule has 0 saturated carbocycles. The summed E-state index contributed by atoms with van der Waals surface area (Å²) < 4.78 is 1.74. The first kappa shape index (κ1) is 13.8. The van der Waals surface area contributed by atoms with E-state index in [1.807, 2.05) is 29.3 Å². The molecule has 3 rings (SSSR count). The summed E-state index contributed by atoms with van der Waals surface area (Å²) in [7, 11) is 0. The molecule has 1 atom stereocenters. The van der Waals surface area contributed by atoms with Crippen LogP contribution in [0.1, 0.15) is 17.3 Å². The number of carbonyl (C=O) groups excluding carboxylic acids is 1. The van der Waals surface area contributed by atoms with E-state index in [1.165, 1.54) is 0 Å². The first-order chi connectivity index (χ1) is 8.77. The van der Waals surface area contributed by atoms with Gasteiger partial charge in [-0.1, -0.05) is 6.07 Å². The maximum Gasteiger partial charge on any atom is 0.258 e. The molecule has 1 aliphatic heterocycles. The lowest BCUT2D eigenvalue weighted by atomic mass is 10.1. The summed E-state index contributed by atoms with van der Waals surface area (Å²) in [5.41, 5.74) is 1.55. The van der Waals surface area contributed by atoms with Crippen molar-refractivity contribution < 1.29 is 4.79 Å². The van der Waals surface area contributed by atoms with Crippen LogP contribution in [-0.2, 0) is 0 Å². The van der Waals surface area contributed by atoms with Crippen LogP contribution >= 0.6 is 12.4 Å². The Morgan fingerprint density at radius 3 is 3.11 bits per heavy atom. The van der Waals surface area contributed by atoms with E-state index in [0.717, 1.165) is 25.2 Å². The van der Waals surface area contributed by atoms with Crippen LogP contribution in [0.2, 0.25) is 0 Å². The standard InChI is InChI=1S/C13H16N4O.ClH/c1-10-8-14-5-7-16(10)13(18)11-9-15-17-6-3-2-4-12(11)17;/h2-4,6,9-10,14H,5,7-8H2,1H3;1H/t10-;/m1./s1. The van der Waals surface area contributed by atoms with Gasteiger partial charge in [0.15, 0.2) is 0 Å².